The molecular formula is C18H22N4O3S. The molecule has 8 heteroatoms. The molecule has 7 nitrogen and oxygen atoms in total. The van der Waals surface area contributed by atoms with E-state index in [1.165, 1.54) is 11.3 Å². The molecule has 2 rings (SSSR count). The van der Waals surface area contributed by atoms with Crippen LogP contribution in [-0.2, 0) is 9.63 Å². The summed E-state index contributed by atoms with van der Waals surface area (Å²) < 4.78 is 0. The Bertz CT molecular complexity index is 753. The van der Waals surface area contributed by atoms with E-state index in [4.69, 9.17) is 10.6 Å². The zero-order valence-electron chi connectivity index (χ0n) is 14.8. The third-order valence-corrected chi connectivity index (χ3v) is 4.32. The predicted octanol–water partition coefficient (Wildman–Crippen LogP) is 2.51. The minimum atomic E-state index is -0.366. The molecule has 0 fully saturated rings. The van der Waals surface area contributed by atoms with Gasteiger partial charge in [-0.1, -0.05) is 5.16 Å². The standard InChI is InChI=1S/C18H22N4O3S/c1-3-22(4-2)18(24)13-5-7-15(8-6-13)20-16(23)11-25-21-17(19)14-9-10-26-12-14/h5-10,12H,3-4,11H2,1-2H3,(H2,19,21)(H,20,23). The molecule has 0 unspecified atom stereocenters. The fourth-order valence-electron chi connectivity index (χ4n) is 2.21. The summed E-state index contributed by atoms with van der Waals surface area (Å²) in [6.07, 6.45) is 0. The first-order valence-electron chi connectivity index (χ1n) is 8.22. The van der Waals surface area contributed by atoms with Gasteiger partial charge in [0.25, 0.3) is 11.8 Å². The molecule has 2 aromatic rings. The molecule has 0 radical (unpaired) electrons. The molecule has 0 spiro atoms. The molecule has 0 bridgehead atoms. The van der Waals surface area contributed by atoms with Gasteiger partial charge in [0.15, 0.2) is 12.4 Å². The van der Waals surface area contributed by atoms with Gasteiger partial charge in [-0.15, -0.1) is 0 Å². The van der Waals surface area contributed by atoms with E-state index in [9.17, 15) is 9.59 Å². The minimum Gasteiger partial charge on any atom is -0.384 e. The molecule has 0 aliphatic rings. The van der Waals surface area contributed by atoms with Gasteiger partial charge in [-0.3, -0.25) is 9.59 Å². The molecule has 2 amide bonds. The third-order valence-electron chi connectivity index (χ3n) is 3.64. The summed E-state index contributed by atoms with van der Waals surface area (Å²) in [5.74, 6) is -0.178. The Hall–Kier alpha value is -2.87. The van der Waals surface area contributed by atoms with Crippen molar-refractivity contribution < 1.29 is 14.4 Å². The van der Waals surface area contributed by atoms with Gasteiger partial charge in [0.1, 0.15) is 0 Å². The summed E-state index contributed by atoms with van der Waals surface area (Å²) >= 11 is 1.49. The second-order valence-electron chi connectivity index (χ2n) is 5.36. The van der Waals surface area contributed by atoms with E-state index >= 15 is 0 Å². The number of nitrogens with two attached hydrogens (primary N) is 1. The number of benzene rings is 1. The second-order valence-corrected chi connectivity index (χ2v) is 6.14. The normalized spacial score (nSPS) is 11.1. The number of oxime groups is 1. The highest BCUT2D eigenvalue weighted by molar-refractivity contribution is 7.08. The minimum absolute atomic E-state index is 0.0329. The Labute approximate surface area is 156 Å². The number of carbonyl (C=O) groups is 2. The largest absolute Gasteiger partial charge is 0.384 e. The van der Waals surface area contributed by atoms with Crippen molar-refractivity contribution in [2.24, 2.45) is 10.9 Å². The van der Waals surface area contributed by atoms with Crippen LogP contribution in [0.2, 0.25) is 0 Å². The van der Waals surface area contributed by atoms with Crippen molar-refractivity contribution >= 4 is 34.7 Å². The third kappa shape index (κ3) is 5.32. The summed E-state index contributed by atoms with van der Waals surface area (Å²) in [5, 5.41) is 10.1. The monoisotopic (exact) mass is 374 g/mol. The number of carbonyl (C=O) groups excluding carboxylic acids is 2. The molecule has 0 aliphatic carbocycles. The summed E-state index contributed by atoms with van der Waals surface area (Å²) in [7, 11) is 0. The van der Waals surface area contributed by atoms with E-state index in [1.54, 1.807) is 29.2 Å². The number of amides is 2. The molecule has 0 saturated heterocycles. The van der Waals surface area contributed by atoms with Crippen molar-refractivity contribution in [3.8, 4) is 0 Å². The number of nitrogens with one attached hydrogen (secondary N) is 1. The zero-order valence-corrected chi connectivity index (χ0v) is 15.6. The number of amidine groups is 1. The second kappa shape index (κ2) is 9.57. The Morgan fingerprint density at radius 1 is 1.15 bits per heavy atom. The summed E-state index contributed by atoms with van der Waals surface area (Å²) in [4.78, 5) is 30.8. The Morgan fingerprint density at radius 2 is 1.85 bits per heavy atom. The van der Waals surface area contributed by atoms with E-state index in [-0.39, 0.29) is 24.3 Å². The van der Waals surface area contributed by atoms with Crippen molar-refractivity contribution in [2.45, 2.75) is 13.8 Å². The fourth-order valence-corrected chi connectivity index (χ4v) is 2.86. The molecule has 1 aromatic heterocycles. The highest BCUT2D eigenvalue weighted by atomic mass is 32.1. The van der Waals surface area contributed by atoms with Crippen LogP contribution in [0.15, 0.2) is 46.2 Å². The number of nitrogens with zero attached hydrogens (tertiary/aromatic N) is 2. The van der Waals surface area contributed by atoms with Crippen LogP contribution in [0, 0.1) is 0 Å². The maximum absolute atomic E-state index is 12.2. The lowest BCUT2D eigenvalue weighted by Crippen LogP contribution is -2.30. The Morgan fingerprint density at radius 3 is 2.42 bits per heavy atom. The van der Waals surface area contributed by atoms with E-state index in [2.05, 4.69) is 10.5 Å². The first kappa shape index (κ1) is 19.5. The number of anilines is 1. The molecule has 3 N–H and O–H groups in total. The highest BCUT2D eigenvalue weighted by Gasteiger charge is 2.12. The lowest BCUT2D eigenvalue weighted by Gasteiger charge is -2.18. The van der Waals surface area contributed by atoms with Crippen LogP contribution in [0.25, 0.3) is 0 Å². The number of hydrogen-bond acceptors (Lipinski definition) is 5. The van der Waals surface area contributed by atoms with E-state index in [1.807, 2.05) is 30.7 Å². The predicted molar refractivity (Wildman–Crippen MR) is 103 cm³/mol. The maximum atomic E-state index is 12.2. The van der Waals surface area contributed by atoms with Crippen molar-refractivity contribution in [3.05, 3.63) is 52.2 Å². The quantitative estimate of drug-likeness (QED) is 0.421. The molecule has 1 heterocycles. The molecule has 138 valence electrons. The van der Waals surface area contributed by atoms with Crippen molar-refractivity contribution in [2.75, 3.05) is 25.0 Å². The van der Waals surface area contributed by atoms with Crippen LogP contribution in [0.5, 0.6) is 0 Å². The average molecular weight is 374 g/mol. The van der Waals surface area contributed by atoms with Gasteiger partial charge in [-0.25, -0.2) is 0 Å². The lowest BCUT2D eigenvalue weighted by molar-refractivity contribution is -0.120. The summed E-state index contributed by atoms with van der Waals surface area (Å²) in [6, 6.07) is 8.54. The number of hydrogen-bond donors (Lipinski definition) is 2. The van der Waals surface area contributed by atoms with Gasteiger partial charge in [0.05, 0.1) is 0 Å². The van der Waals surface area contributed by atoms with E-state index < -0.39 is 0 Å². The first-order chi connectivity index (χ1) is 12.5. The maximum Gasteiger partial charge on any atom is 0.265 e. The number of thiophene rings is 1. The summed E-state index contributed by atoms with van der Waals surface area (Å²) in [5.41, 5.74) is 7.64. The zero-order chi connectivity index (χ0) is 18.9. The molecular weight excluding hydrogens is 352 g/mol. The Balaban J connectivity index is 1.85. The van der Waals surface area contributed by atoms with Crippen molar-refractivity contribution in [3.63, 3.8) is 0 Å². The lowest BCUT2D eigenvalue weighted by atomic mass is 10.2. The fraction of sp³-hybridized carbons (Fsp3) is 0.278. The first-order valence-corrected chi connectivity index (χ1v) is 9.16. The van der Waals surface area contributed by atoms with Gasteiger partial charge in [0, 0.05) is 35.3 Å². The van der Waals surface area contributed by atoms with E-state index in [0.717, 1.165) is 5.56 Å². The van der Waals surface area contributed by atoms with Gasteiger partial charge >= 0.3 is 0 Å². The van der Waals surface area contributed by atoms with E-state index in [0.29, 0.717) is 24.3 Å². The van der Waals surface area contributed by atoms with Crippen LogP contribution in [0.3, 0.4) is 0 Å². The Kier molecular flexibility index (Phi) is 7.16. The average Bonchev–Trinajstić information content (AvgIpc) is 3.18. The van der Waals surface area contributed by atoms with Gasteiger partial charge in [-0.2, -0.15) is 11.3 Å². The molecule has 26 heavy (non-hydrogen) atoms. The SMILES string of the molecule is CCN(CC)C(=O)c1ccc(NC(=O)CO/N=C(/N)c2ccsc2)cc1. The van der Waals surface area contributed by atoms with Crippen molar-refractivity contribution in [1.29, 1.82) is 0 Å². The molecule has 0 atom stereocenters. The van der Waals surface area contributed by atoms with Gasteiger partial charge < -0.3 is 20.8 Å². The topological polar surface area (TPSA) is 97.0 Å². The van der Waals surface area contributed by atoms with Crippen LogP contribution < -0.4 is 11.1 Å². The smallest absolute Gasteiger partial charge is 0.265 e. The van der Waals surface area contributed by atoms with Crippen LogP contribution in [-0.4, -0.2) is 42.2 Å². The number of rotatable bonds is 8. The van der Waals surface area contributed by atoms with Crippen molar-refractivity contribution in [1.82, 2.24) is 4.90 Å². The van der Waals surface area contributed by atoms with Gasteiger partial charge in [-0.05, 0) is 49.6 Å². The van der Waals surface area contributed by atoms with Gasteiger partial charge in [0.2, 0.25) is 0 Å². The molecule has 0 aliphatic heterocycles. The molecule has 0 saturated carbocycles. The molecule has 1 aromatic carbocycles. The summed E-state index contributed by atoms with van der Waals surface area (Å²) in [6.45, 7) is 4.92. The van der Waals surface area contributed by atoms with Crippen LogP contribution >= 0.6 is 11.3 Å². The van der Waals surface area contributed by atoms with Crippen LogP contribution in [0.1, 0.15) is 29.8 Å². The van der Waals surface area contributed by atoms with Crippen LogP contribution in [0.4, 0.5) is 5.69 Å². The highest BCUT2D eigenvalue weighted by Crippen LogP contribution is 2.12.